The summed E-state index contributed by atoms with van der Waals surface area (Å²) >= 11 is 0. The van der Waals surface area contributed by atoms with Crippen LogP contribution in [0.2, 0.25) is 0 Å². The van der Waals surface area contributed by atoms with Gasteiger partial charge in [-0.2, -0.15) is 0 Å². The van der Waals surface area contributed by atoms with Crippen LogP contribution in [0.25, 0.3) is 0 Å². The predicted octanol–water partition coefficient (Wildman–Crippen LogP) is 2.12. The van der Waals surface area contributed by atoms with E-state index >= 15 is 0 Å². The van der Waals surface area contributed by atoms with E-state index in [0.29, 0.717) is 12.5 Å². The molecule has 2 aromatic carbocycles. The first-order chi connectivity index (χ1) is 17.1. The lowest BCUT2D eigenvalue weighted by atomic mass is 9.88. The van der Waals surface area contributed by atoms with Crippen LogP contribution in [0, 0.1) is 5.92 Å². The number of nitrogens with two attached hydrogens (primary N) is 2. The van der Waals surface area contributed by atoms with E-state index in [0.717, 1.165) is 70.9 Å². The Kier molecular flexibility index (Phi) is 9.15. The summed E-state index contributed by atoms with van der Waals surface area (Å²) in [5.74, 6) is 1.62. The number of benzene rings is 2. The van der Waals surface area contributed by atoms with Gasteiger partial charge < -0.3 is 26.0 Å². The normalized spacial score (nSPS) is 19.9. The molecule has 2 saturated heterocycles. The molecule has 2 heterocycles. The third-order valence-electron chi connectivity index (χ3n) is 7.73. The van der Waals surface area contributed by atoms with Crippen molar-refractivity contribution < 1.29 is 9.53 Å². The highest BCUT2D eigenvalue weighted by Crippen LogP contribution is 2.25. The maximum atomic E-state index is 13.2. The lowest BCUT2D eigenvalue weighted by molar-refractivity contribution is -0.136. The van der Waals surface area contributed by atoms with Crippen molar-refractivity contribution in [3.63, 3.8) is 0 Å². The summed E-state index contributed by atoms with van der Waals surface area (Å²) in [6, 6.07) is 18.2. The van der Waals surface area contributed by atoms with Crippen LogP contribution < -0.4 is 16.2 Å². The number of rotatable bonds is 9. The van der Waals surface area contributed by atoms with E-state index in [-0.39, 0.29) is 11.8 Å². The average Bonchev–Trinajstić information content (AvgIpc) is 2.92. The minimum absolute atomic E-state index is 0.115. The number of ether oxygens (including phenoxy) is 1. The molecule has 7 heteroatoms. The SMILES string of the molecule is COc1ccccc1CN1CCN(C(=O)C(N)C2CCN(CC(CN)c3ccccc3)CC2)CC1. The fourth-order valence-electron chi connectivity index (χ4n) is 5.46. The molecule has 4 N–H and O–H groups in total. The molecule has 0 aromatic heterocycles. The molecule has 0 spiro atoms. The molecule has 2 aliphatic rings. The Morgan fingerprint density at radius 2 is 1.60 bits per heavy atom. The summed E-state index contributed by atoms with van der Waals surface area (Å²) < 4.78 is 5.48. The van der Waals surface area contributed by atoms with Crippen molar-refractivity contribution in [2.75, 3.05) is 59.5 Å². The second kappa shape index (κ2) is 12.5. The largest absolute Gasteiger partial charge is 0.496 e. The molecule has 2 atom stereocenters. The molecule has 2 unspecified atom stereocenters. The summed E-state index contributed by atoms with van der Waals surface area (Å²) in [5, 5.41) is 0. The van der Waals surface area contributed by atoms with E-state index < -0.39 is 6.04 Å². The molecule has 4 rings (SSSR count). The molecule has 35 heavy (non-hydrogen) atoms. The Morgan fingerprint density at radius 3 is 2.26 bits per heavy atom. The maximum Gasteiger partial charge on any atom is 0.239 e. The summed E-state index contributed by atoms with van der Waals surface area (Å²) in [5.41, 5.74) is 15.1. The number of amides is 1. The number of piperidine rings is 1. The van der Waals surface area contributed by atoms with E-state index in [1.807, 2.05) is 29.2 Å². The first kappa shape index (κ1) is 25.6. The maximum absolute atomic E-state index is 13.2. The third-order valence-corrected chi connectivity index (χ3v) is 7.73. The van der Waals surface area contributed by atoms with Gasteiger partial charge in [0.25, 0.3) is 0 Å². The van der Waals surface area contributed by atoms with Gasteiger partial charge in [0.1, 0.15) is 5.75 Å². The smallest absolute Gasteiger partial charge is 0.239 e. The van der Waals surface area contributed by atoms with Gasteiger partial charge in [0.15, 0.2) is 0 Å². The van der Waals surface area contributed by atoms with Gasteiger partial charge in [0.2, 0.25) is 5.91 Å². The van der Waals surface area contributed by atoms with Gasteiger partial charge in [-0.1, -0.05) is 48.5 Å². The van der Waals surface area contributed by atoms with Crippen LogP contribution in [-0.4, -0.2) is 86.1 Å². The lowest BCUT2D eigenvalue weighted by Crippen LogP contribution is -2.55. The fraction of sp³-hybridized carbons (Fsp3) is 0.536. The predicted molar refractivity (Wildman–Crippen MR) is 140 cm³/mol. The highest BCUT2D eigenvalue weighted by Gasteiger charge is 2.33. The summed E-state index contributed by atoms with van der Waals surface area (Å²) in [6.45, 7) is 7.57. The Labute approximate surface area is 210 Å². The van der Waals surface area contributed by atoms with Gasteiger partial charge in [-0.3, -0.25) is 9.69 Å². The molecule has 2 fully saturated rings. The van der Waals surface area contributed by atoms with E-state index in [4.69, 9.17) is 16.2 Å². The zero-order valence-electron chi connectivity index (χ0n) is 21.0. The molecule has 1 amide bonds. The quantitative estimate of drug-likeness (QED) is 0.573. The number of nitrogens with zero attached hydrogens (tertiary/aromatic N) is 3. The van der Waals surface area contributed by atoms with Crippen molar-refractivity contribution >= 4 is 5.91 Å². The van der Waals surface area contributed by atoms with Crippen LogP contribution in [0.15, 0.2) is 54.6 Å². The van der Waals surface area contributed by atoms with Crippen LogP contribution in [-0.2, 0) is 11.3 Å². The van der Waals surface area contributed by atoms with Gasteiger partial charge in [0, 0.05) is 57.3 Å². The minimum atomic E-state index is -0.405. The summed E-state index contributed by atoms with van der Waals surface area (Å²) in [7, 11) is 1.71. The monoisotopic (exact) mass is 479 g/mol. The lowest BCUT2D eigenvalue weighted by Gasteiger charge is -2.39. The van der Waals surface area contributed by atoms with E-state index in [1.165, 1.54) is 11.1 Å². The van der Waals surface area contributed by atoms with Crippen molar-refractivity contribution in [1.29, 1.82) is 0 Å². The van der Waals surface area contributed by atoms with Crippen LogP contribution in [0.5, 0.6) is 5.75 Å². The van der Waals surface area contributed by atoms with Crippen molar-refractivity contribution in [3.8, 4) is 5.75 Å². The topological polar surface area (TPSA) is 88.1 Å². The highest BCUT2D eigenvalue weighted by molar-refractivity contribution is 5.82. The van der Waals surface area contributed by atoms with Crippen LogP contribution in [0.3, 0.4) is 0 Å². The minimum Gasteiger partial charge on any atom is -0.496 e. The molecule has 7 nitrogen and oxygen atoms in total. The Balaban J connectivity index is 1.22. The molecule has 2 aliphatic heterocycles. The molecule has 0 saturated carbocycles. The van der Waals surface area contributed by atoms with Crippen molar-refractivity contribution in [1.82, 2.24) is 14.7 Å². The molecule has 190 valence electrons. The Morgan fingerprint density at radius 1 is 0.943 bits per heavy atom. The first-order valence-electron chi connectivity index (χ1n) is 12.9. The Hall–Kier alpha value is -2.45. The number of likely N-dealkylation sites (tertiary alicyclic amines) is 1. The van der Waals surface area contributed by atoms with Gasteiger partial charge in [-0.25, -0.2) is 0 Å². The van der Waals surface area contributed by atoms with E-state index in [2.05, 4.69) is 40.1 Å². The van der Waals surface area contributed by atoms with Crippen molar-refractivity contribution in [3.05, 3.63) is 65.7 Å². The summed E-state index contributed by atoms with van der Waals surface area (Å²) in [4.78, 5) is 20.0. The van der Waals surface area contributed by atoms with Gasteiger partial charge >= 0.3 is 0 Å². The fourth-order valence-corrected chi connectivity index (χ4v) is 5.46. The van der Waals surface area contributed by atoms with Crippen molar-refractivity contribution in [2.24, 2.45) is 17.4 Å². The molecule has 0 radical (unpaired) electrons. The number of carbonyl (C=O) groups excluding carboxylic acids is 1. The molecule has 0 bridgehead atoms. The highest BCUT2D eigenvalue weighted by atomic mass is 16.5. The molecule has 2 aromatic rings. The van der Waals surface area contributed by atoms with E-state index in [1.54, 1.807) is 7.11 Å². The van der Waals surface area contributed by atoms with Gasteiger partial charge in [-0.05, 0) is 43.5 Å². The van der Waals surface area contributed by atoms with E-state index in [9.17, 15) is 4.79 Å². The van der Waals surface area contributed by atoms with Crippen LogP contribution in [0.1, 0.15) is 29.9 Å². The zero-order valence-corrected chi connectivity index (χ0v) is 21.0. The second-order valence-electron chi connectivity index (χ2n) is 9.92. The second-order valence-corrected chi connectivity index (χ2v) is 9.92. The Bertz CT molecular complexity index is 924. The average molecular weight is 480 g/mol. The van der Waals surface area contributed by atoms with Gasteiger partial charge in [-0.15, -0.1) is 0 Å². The first-order valence-corrected chi connectivity index (χ1v) is 12.9. The summed E-state index contributed by atoms with van der Waals surface area (Å²) in [6.07, 6.45) is 1.93. The molecular formula is C28H41N5O2. The number of para-hydroxylation sites is 1. The number of piperazine rings is 1. The molecule has 0 aliphatic carbocycles. The number of methoxy groups -OCH3 is 1. The van der Waals surface area contributed by atoms with Crippen LogP contribution in [0.4, 0.5) is 0 Å². The zero-order chi connectivity index (χ0) is 24.6. The number of hydrogen-bond acceptors (Lipinski definition) is 6. The number of hydrogen-bond donors (Lipinski definition) is 2. The standard InChI is InChI=1S/C28H41N5O2/c1-35-26-10-6-5-9-24(26)20-32-15-17-33(18-16-32)28(34)27(30)23-11-13-31(14-12-23)21-25(19-29)22-7-3-2-4-8-22/h2-10,23,25,27H,11-21,29-30H2,1H3. The van der Waals surface area contributed by atoms with Gasteiger partial charge in [0.05, 0.1) is 13.2 Å². The van der Waals surface area contributed by atoms with Crippen molar-refractivity contribution in [2.45, 2.75) is 31.3 Å². The third kappa shape index (κ3) is 6.61. The number of carbonyl (C=O) groups is 1. The van der Waals surface area contributed by atoms with Crippen LogP contribution >= 0.6 is 0 Å². The molecular weight excluding hydrogens is 438 g/mol.